The van der Waals surface area contributed by atoms with Gasteiger partial charge in [0.2, 0.25) is 0 Å². The van der Waals surface area contributed by atoms with Gasteiger partial charge in [0.15, 0.2) is 0 Å². The highest BCUT2D eigenvalue weighted by molar-refractivity contribution is 9.10. The number of carbonyl (C=O) groups is 1. The van der Waals surface area contributed by atoms with E-state index in [0.29, 0.717) is 18.2 Å². The Balaban J connectivity index is 2.06. The van der Waals surface area contributed by atoms with E-state index >= 15 is 0 Å². The summed E-state index contributed by atoms with van der Waals surface area (Å²) in [7, 11) is 0. The minimum atomic E-state index is -0.259. The molecule has 94 valence electrons. The summed E-state index contributed by atoms with van der Waals surface area (Å²) in [6, 6.07) is 6.37. The first kappa shape index (κ1) is 11.8. The Labute approximate surface area is 114 Å². The number of hydrogen-bond donors (Lipinski definition) is 0. The zero-order valence-corrected chi connectivity index (χ0v) is 11.7. The lowest BCUT2D eigenvalue weighted by atomic mass is 10.1. The minimum Gasteiger partial charge on any atom is -0.462 e. The number of nitrogens with zero attached hydrogens (tertiary/aromatic N) is 1. The first-order chi connectivity index (χ1) is 8.70. The van der Waals surface area contributed by atoms with E-state index in [0.717, 1.165) is 9.86 Å². The lowest BCUT2D eigenvalue weighted by Crippen LogP contribution is -2.04. The molecule has 4 heteroatoms. The van der Waals surface area contributed by atoms with Crippen LogP contribution in [0.4, 0.5) is 0 Å². The van der Waals surface area contributed by atoms with Gasteiger partial charge in [0.25, 0.3) is 0 Å². The molecular weight excluding hydrogens is 294 g/mol. The highest BCUT2D eigenvalue weighted by atomic mass is 79.9. The Morgan fingerprint density at radius 1 is 1.50 bits per heavy atom. The van der Waals surface area contributed by atoms with E-state index in [1.165, 1.54) is 18.4 Å². The number of benzene rings is 1. The van der Waals surface area contributed by atoms with Crippen LogP contribution in [0.25, 0.3) is 10.9 Å². The van der Waals surface area contributed by atoms with Crippen LogP contribution < -0.4 is 0 Å². The van der Waals surface area contributed by atoms with Crippen LogP contribution in [0.1, 0.15) is 36.2 Å². The first-order valence-corrected chi connectivity index (χ1v) is 6.97. The fourth-order valence-corrected chi connectivity index (χ4v) is 2.75. The van der Waals surface area contributed by atoms with Crippen molar-refractivity contribution in [2.24, 2.45) is 0 Å². The van der Waals surface area contributed by atoms with Gasteiger partial charge in [-0.1, -0.05) is 0 Å². The van der Waals surface area contributed by atoms with Gasteiger partial charge in [0, 0.05) is 27.6 Å². The lowest BCUT2D eigenvalue weighted by molar-refractivity contribution is 0.0526. The normalized spacial score (nSPS) is 15.0. The maximum absolute atomic E-state index is 11.7. The van der Waals surface area contributed by atoms with E-state index in [2.05, 4.69) is 26.7 Å². The molecule has 1 aliphatic rings. The van der Waals surface area contributed by atoms with Crippen molar-refractivity contribution >= 4 is 32.8 Å². The van der Waals surface area contributed by atoms with E-state index < -0.39 is 0 Å². The smallest absolute Gasteiger partial charge is 0.338 e. The van der Waals surface area contributed by atoms with Crippen molar-refractivity contribution in [1.82, 2.24) is 4.57 Å². The fraction of sp³-hybridized carbons (Fsp3) is 0.357. The van der Waals surface area contributed by atoms with Crippen LogP contribution in [0.2, 0.25) is 0 Å². The van der Waals surface area contributed by atoms with Crippen molar-refractivity contribution < 1.29 is 9.53 Å². The first-order valence-electron chi connectivity index (χ1n) is 6.18. The Kier molecular flexibility index (Phi) is 2.90. The molecule has 0 saturated heterocycles. The van der Waals surface area contributed by atoms with E-state index in [9.17, 15) is 4.79 Å². The molecule has 1 aromatic carbocycles. The van der Waals surface area contributed by atoms with Gasteiger partial charge in [-0.15, -0.1) is 0 Å². The third-order valence-corrected chi connectivity index (χ3v) is 3.87. The summed E-state index contributed by atoms with van der Waals surface area (Å²) < 4.78 is 8.35. The van der Waals surface area contributed by atoms with E-state index in [1.54, 1.807) is 0 Å². The molecular formula is C14H14BrNO2. The van der Waals surface area contributed by atoms with Crippen molar-refractivity contribution in [2.75, 3.05) is 6.61 Å². The maximum Gasteiger partial charge on any atom is 0.338 e. The molecule has 0 amide bonds. The molecule has 0 bridgehead atoms. The summed E-state index contributed by atoms with van der Waals surface area (Å²) in [5.41, 5.74) is 1.79. The van der Waals surface area contributed by atoms with Crippen LogP contribution in [0.3, 0.4) is 0 Å². The number of rotatable bonds is 3. The molecule has 0 aliphatic heterocycles. The van der Waals surface area contributed by atoms with E-state index in [-0.39, 0.29) is 5.97 Å². The number of hydrogen-bond acceptors (Lipinski definition) is 2. The molecule has 1 aromatic heterocycles. The molecule has 1 fully saturated rings. The highest BCUT2D eigenvalue weighted by Gasteiger charge is 2.25. The second-order valence-corrected chi connectivity index (χ2v) is 5.42. The summed E-state index contributed by atoms with van der Waals surface area (Å²) in [6.45, 7) is 2.22. The third kappa shape index (κ3) is 1.94. The summed E-state index contributed by atoms with van der Waals surface area (Å²) in [6.07, 6.45) is 4.60. The summed E-state index contributed by atoms with van der Waals surface area (Å²) in [5.74, 6) is -0.259. The van der Waals surface area contributed by atoms with Crippen LogP contribution in [0.5, 0.6) is 0 Å². The van der Waals surface area contributed by atoms with Gasteiger partial charge < -0.3 is 9.30 Å². The van der Waals surface area contributed by atoms with Crippen molar-refractivity contribution in [3.63, 3.8) is 0 Å². The van der Waals surface area contributed by atoms with Crippen LogP contribution >= 0.6 is 15.9 Å². The second kappa shape index (κ2) is 4.43. The number of carbonyl (C=O) groups excluding carboxylic acids is 1. The number of esters is 1. The monoisotopic (exact) mass is 307 g/mol. The van der Waals surface area contributed by atoms with E-state index in [4.69, 9.17) is 4.74 Å². The van der Waals surface area contributed by atoms with Gasteiger partial charge in [-0.25, -0.2) is 4.79 Å². The van der Waals surface area contributed by atoms with Crippen LogP contribution in [0.15, 0.2) is 28.9 Å². The average molecular weight is 308 g/mol. The minimum absolute atomic E-state index is 0.259. The van der Waals surface area contributed by atoms with Gasteiger partial charge in [-0.05, 0) is 53.9 Å². The number of ether oxygens (including phenoxy) is 1. The molecule has 1 heterocycles. The van der Waals surface area contributed by atoms with Gasteiger partial charge >= 0.3 is 5.97 Å². The predicted octanol–water partition coefficient (Wildman–Crippen LogP) is 3.92. The predicted molar refractivity (Wildman–Crippen MR) is 73.9 cm³/mol. The summed E-state index contributed by atoms with van der Waals surface area (Å²) >= 11 is 3.56. The van der Waals surface area contributed by atoms with Gasteiger partial charge in [0.1, 0.15) is 0 Å². The Morgan fingerprint density at radius 2 is 2.28 bits per heavy atom. The summed E-state index contributed by atoms with van der Waals surface area (Å²) in [5, 5.41) is 1.08. The fourth-order valence-electron chi connectivity index (χ4n) is 2.21. The number of halogens is 1. The SMILES string of the molecule is CCOC(=O)c1ccc2c(c1)c(Br)cn2C1CC1. The van der Waals surface area contributed by atoms with Crippen LogP contribution in [-0.2, 0) is 4.74 Å². The zero-order chi connectivity index (χ0) is 12.7. The quantitative estimate of drug-likeness (QED) is 0.805. The molecule has 0 N–H and O–H groups in total. The van der Waals surface area contributed by atoms with Crippen molar-refractivity contribution in [1.29, 1.82) is 0 Å². The van der Waals surface area contributed by atoms with Gasteiger partial charge in [-0.2, -0.15) is 0 Å². The average Bonchev–Trinajstić information content (AvgIpc) is 3.15. The van der Waals surface area contributed by atoms with Crippen molar-refractivity contribution in [3.8, 4) is 0 Å². The van der Waals surface area contributed by atoms with Crippen LogP contribution in [0, 0.1) is 0 Å². The molecule has 18 heavy (non-hydrogen) atoms. The Bertz CT molecular complexity index is 614. The van der Waals surface area contributed by atoms with Gasteiger partial charge in [0.05, 0.1) is 12.2 Å². The van der Waals surface area contributed by atoms with Gasteiger partial charge in [-0.3, -0.25) is 0 Å². The Morgan fingerprint density at radius 3 is 2.94 bits per heavy atom. The third-order valence-electron chi connectivity index (χ3n) is 3.24. The van der Waals surface area contributed by atoms with Crippen molar-refractivity contribution in [2.45, 2.75) is 25.8 Å². The molecule has 0 atom stereocenters. The molecule has 1 saturated carbocycles. The summed E-state index contributed by atoms with van der Waals surface area (Å²) in [4.78, 5) is 11.7. The standard InChI is InChI=1S/C14H14BrNO2/c1-2-18-14(17)9-3-6-13-11(7-9)12(15)8-16(13)10-4-5-10/h3,6-8,10H,2,4-5H2,1H3. The number of aromatic nitrogens is 1. The molecule has 0 spiro atoms. The second-order valence-electron chi connectivity index (χ2n) is 4.57. The van der Waals surface area contributed by atoms with E-state index in [1.807, 2.05) is 25.1 Å². The topological polar surface area (TPSA) is 31.2 Å². The molecule has 3 rings (SSSR count). The van der Waals surface area contributed by atoms with Crippen molar-refractivity contribution in [3.05, 3.63) is 34.4 Å². The molecule has 2 aromatic rings. The lowest BCUT2D eigenvalue weighted by Gasteiger charge is -2.04. The Hall–Kier alpha value is -1.29. The van der Waals surface area contributed by atoms with Crippen LogP contribution in [-0.4, -0.2) is 17.1 Å². The largest absolute Gasteiger partial charge is 0.462 e. The molecule has 0 radical (unpaired) electrons. The highest BCUT2D eigenvalue weighted by Crippen LogP contribution is 2.40. The molecule has 0 unspecified atom stereocenters. The zero-order valence-electron chi connectivity index (χ0n) is 10.1. The number of fused-ring (bicyclic) bond motifs is 1. The maximum atomic E-state index is 11.7. The molecule has 1 aliphatic carbocycles. The molecule has 3 nitrogen and oxygen atoms in total.